The molecule has 1 aliphatic rings. The minimum Gasteiger partial charge on any atom is -0.368 e. The van der Waals surface area contributed by atoms with Gasteiger partial charge in [0.25, 0.3) is 0 Å². The number of anilines is 2. The number of nitrogen functional groups attached to an aromatic ring is 1. The molecule has 1 aliphatic heterocycles. The van der Waals surface area contributed by atoms with Gasteiger partial charge in [-0.2, -0.15) is 4.98 Å². The van der Waals surface area contributed by atoms with Gasteiger partial charge in [0, 0.05) is 32.1 Å². The number of rotatable bonds is 2. The number of hydrogen-bond donors (Lipinski definition) is 2. The zero-order chi connectivity index (χ0) is 13.1. The molecule has 0 aliphatic carbocycles. The van der Waals surface area contributed by atoms with Crippen LogP contribution < -0.4 is 16.0 Å². The fourth-order valence-electron chi connectivity index (χ4n) is 2.13. The van der Waals surface area contributed by atoms with Crippen molar-refractivity contribution in [1.29, 1.82) is 0 Å². The van der Waals surface area contributed by atoms with Crippen LogP contribution in [-0.4, -0.2) is 35.0 Å². The number of nitrogens with one attached hydrogen (secondary N) is 1. The maximum atomic E-state index is 11.0. The molecule has 2 heterocycles. The van der Waals surface area contributed by atoms with E-state index in [0.717, 1.165) is 31.7 Å². The van der Waals surface area contributed by atoms with E-state index in [9.17, 15) is 4.79 Å². The smallest absolute Gasteiger partial charge is 0.223 e. The van der Waals surface area contributed by atoms with Crippen LogP contribution in [0.3, 0.4) is 0 Å². The van der Waals surface area contributed by atoms with Crippen molar-refractivity contribution in [2.24, 2.45) is 0 Å². The minimum atomic E-state index is 0.0165. The third-order valence-corrected chi connectivity index (χ3v) is 3.12. The summed E-state index contributed by atoms with van der Waals surface area (Å²) in [5.74, 6) is 0.943. The molecule has 0 unspecified atom stereocenters. The first kappa shape index (κ1) is 12.9. The molecule has 6 nitrogen and oxygen atoms in total. The fourth-order valence-corrected chi connectivity index (χ4v) is 2.31. The molecule has 18 heavy (non-hydrogen) atoms. The van der Waals surface area contributed by atoms with Crippen molar-refractivity contribution in [2.75, 3.05) is 23.7 Å². The summed E-state index contributed by atoms with van der Waals surface area (Å²) < 4.78 is 0. The largest absolute Gasteiger partial charge is 0.368 e. The molecule has 7 heteroatoms. The average Bonchev–Trinajstić information content (AvgIpc) is 2.27. The van der Waals surface area contributed by atoms with E-state index in [1.807, 2.05) is 0 Å². The number of aromatic nitrogens is 2. The number of nitrogens with zero attached hydrogens (tertiary/aromatic N) is 3. The van der Waals surface area contributed by atoms with Crippen LogP contribution in [0.1, 0.15) is 19.8 Å². The Morgan fingerprint density at radius 1 is 1.50 bits per heavy atom. The minimum absolute atomic E-state index is 0.0165. The quantitative estimate of drug-likeness (QED) is 0.777. The van der Waals surface area contributed by atoms with Gasteiger partial charge >= 0.3 is 0 Å². The molecule has 1 fully saturated rings. The van der Waals surface area contributed by atoms with Crippen molar-refractivity contribution in [1.82, 2.24) is 15.3 Å². The Hall–Kier alpha value is -1.56. The van der Waals surface area contributed by atoms with Crippen molar-refractivity contribution in [3.8, 4) is 0 Å². The Kier molecular flexibility index (Phi) is 3.86. The zero-order valence-electron chi connectivity index (χ0n) is 10.2. The number of piperidine rings is 1. The van der Waals surface area contributed by atoms with Gasteiger partial charge in [0.05, 0.1) is 0 Å². The second-order valence-electron chi connectivity index (χ2n) is 4.37. The molecule has 0 aromatic carbocycles. The van der Waals surface area contributed by atoms with Crippen LogP contribution >= 0.6 is 11.6 Å². The van der Waals surface area contributed by atoms with Crippen LogP contribution in [0.15, 0.2) is 6.07 Å². The number of hydrogen-bond acceptors (Lipinski definition) is 5. The molecular formula is C11H16ClN5O. The molecule has 1 aromatic rings. The molecule has 1 aromatic heterocycles. The van der Waals surface area contributed by atoms with Gasteiger partial charge in [0.1, 0.15) is 11.0 Å². The standard InChI is InChI=1S/C11H16ClN5O/c1-7(18)14-8-2-4-17(5-3-8)10-6-9(12)15-11(13)16-10/h6,8H,2-5H2,1H3,(H,14,18)(H2,13,15,16). The summed E-state index contributed by atoms with van der Waals surface area (Å²) >= 11 is 5.85. The summed E-state index contributed by atoms with van der Waals surface area (Å²) in [5.41, 5.74) is 5.57. The van der Waals surface area contributed by atoms with E-state index in [2.05, 4.69) is 20.2 Å². The highest BCUT2D eigenvalue weighted by molar-refractivity contribution is 6.29. The predicted molar refractivity (Wildman–Crippen MR) is 70.5 cm³/mol. The number of carbonyl (C=O) groups excluding carboxylic acids is 1. The highest BCUT2D eigenvalue weighted by atomic mass is 35.5. The highest BCUT2D eigenvalue weighted by Gasteiger charge is 2.21. The Morgan fingerprint density at radius 3 is 2.72 bits per heavy atom. The second kappa shape index (κ2) is 5.39. The van der Waals surface area contributed by atoms with E-state index in [-0.39, 0.29) is 17.9 Å². The molecule has 2 rings (SSSR count). The molecule has 0 spiro atoms. The number of nitrogens with two attached hydrogens (primary N) is 1. The topological polar surface area (TPSA) is 84.1 Å². The first-order valence-corrected chi connectivity index (χ1v) is 6.24. The second-order valence-corrected chi connectivity index (χ2v) is 4.76. The Labute approximate surface area is 111 Å². The van der Waals surface area contributed by atoms with Crippen LogP contribution in [0, 0.1) is 0 Å². The monoisotopic (exact) mass is 269 g/mol. The van der Waals surface area contributed by atoms with E-state index in [1.165, 1.54) is 6.92 Å². The van der Waals surface area contributed by atoms with Gasteiger partial charge in [0.2, 0.25) is 11.9 Å². The summed E-state index contributed by atoms with van der Waals surface area (Å²) in [7, 11) is 0. The predicted octanol–water partition coefficient (Wildman–Crippen LogP) is 0.817. The molecule has 0 bridgehead atoms. The molecule has 0 atom stereocenters. The van der Waals surface area contributed by atoms with E-state index < -0.39 is 0 Å². The fraction of sp³-hybridized carbons (Fsp3) is 0.545. The Morgan fingerprint density at radius 2 is 2.17 bits per heavy atom. The van der Waals surface area contributed by atoms with E-state index in [4.69, 9.17) is 17.3 Å². The van der Waals surface area contributed by atoms with Crippen molar-refractivity contribution in [3.05, 3.63) is 11.2 Å². The lowest BCUT2D eigenvalue weighted by molar-refractivity contribution is -0.119. The maximum absolute atomic E-state index is 11.0. The average molecular weight is 270 g/mol. The van der Waals surface area contributed by atoms with Crippen LogP contribution in [0.5, 0.6) is 0 Å². The van der Waals surface area contributed by atoms with Crippen LogP contribution in [0.2, 0.25) is 5.15 Å². The van der Waals surface area contributed by atoms with E-state index in [0.29, 0.717) is 5.15 Å². The summed E-state index contributed by atoms with van der Waals surface area (Å²) in [6.45, 7) is 3.17. The Bertz CT molecular complexity index is 425. The van der Waals surface area contributed by atoms with Gasteiger partial charge in [-0.3, -0.25) is 4.79 Å². The van der Waals surface area contributed by atoms with Gasteiger partial charge in [-0.15, -0.1) is 0 Å². The van der Waals surface area contributed by atoms with Gasteiger partial charge in [-0.1, -0.05) is 11.6 Å². The van der Waals surface area contributed by atoms with Gasteiger partial charge in [0.15, 0.2) is 0 Å². The first-order chi connectivity index (χ1) is 8.54. The number of halogens is 1. The van der Waals surface area contributed by atoms with Crippen molar-refractivity contribution in [3.63, 3.8) is 0 Å². The summed E-state index contributed by atoms with van der Waals surface area (Å²) in [4.78, 5) is 21.1. The molecular weight excluding hydrogens is 254 g/mol. The molecule has 0 radical (unpaired) electrons. The SMILES string of the molecule is CC(=O)NC1CCN(c2cc(Cl)nc(N)n2)CC1. The van der Waals surface area contributed by atoms with Crippen molar-refractivity contribution in [2.45, 2.75) is 25.8 Å². The van der Waals surface area contributed by atoms with Crippen molar-refractivity contribution < 1.29 is 4.79 Å². The third kappa shape index (κ3) is 3.22. The number of carbonyl (C=O) groups is 1. The lowest BCUT2D eigenvalue weighted by Crippen LogP contribution is -2.44. The zero-order valence-corrected chi connectivity index (χ0v) is 10.9. The van der Waals surface area contributed by atoms with Gasteiger partial charge in [-0.05, 0) is 12.8 Å². The molecule has 0 saturated carbocycles. The molecule has 1 saturated heterocycles. The van der Waals surface area contributed by atoms with Gasteiger partial charge in [-0.25, -0.2) is 4.98 Å². The van der Waals surface area contributed by atoms with E-state index >= 15 is 0 Å². The van der Waals surface area contributed by atoms with Crippen LogP contribution in [0.25, 0.3) is 0 Å². The van der Waals surface area contributed by atoms with E-state index in [1.54, 1.807) is 6.07 Å². The summed E-state index contributed by atoms with van der Waals surface area (Å²) in [5, 5.41) is 3.28. The van der Waals surface area contributed by atoms with Gasteiger partial charge < -0.3 is 16.0 Å². The lowest BCUT2D eigenvalue weighted by atomic mass is 10.1. The van der Waals surface area contributed by atoms with Crippen LogP contribution in [0.4, 0.5) is 11.8 Å². The molecule has 3 N–H and O–H groups in total. The number of amides is 1. The normalized spacial score (nSPS) is 16.7. The third-order valence-electron chi connectivity index (χ3n) is 2.92. The maximum Gasteiger partial charge on any atom is 0.223 e. The lowest BCUT2D eigenvalue weighted by Gasteiger charge is -2.33. The Balaban J connectivity index is 1.98. The molecule has 1 amide bonds. The summed E-state index contributed by atoms with van der Waals surface area (Å²) in [6, 6.07) is 1.95. The highest BCUT2D eigenvalue weighted by Crippen LogP contribution is 2.21. The summed E-state index contributed by atoms with van der Waals surface area (Å²) in [6.07, 6.45) is 1.78. The first-order valence-electron chi connectivity index (χ1n) is 5.86. The molecule has 98 valence electrons. The van der Waals surface area contributed by atoms with Crippen molar-refractivity contribution >= 4 is 29.3 Å². The van der Waals surface area contributed by atoms with Crippen LogP contribution in [-0.2, 0) is 4.79 Å².